The summed E-state index contributed by atoms with van der Waals surface area (Å²) in [4.78, 5) is 41.8. The summed E-state index contributed by atoms with van der Waals surface area (Å²) in [6.45, 7) is 1.70. The monoisotopic (exact) mass is 440 g/mol. The molecule has 0 unspecified atom stereocenters. The van der Waals surface area contributed by atoms with Crippen molar-refractivity contribution in [3.05, 3.63) is 69.6 Å². The lowest BCUT2D eigenvalue weighted by Gasteiger charge is -2.32. The van der Waals surface area contributed by atoms with Gasteiger partial charge in [0.1, 0.15) is 0 Å². The summed E-state index contributed by atoms with van der Waals surface area (Å²) in [5.41, 5.74) is 2.20. The second-order valence-corrected chi connectivity index (χ2v) is 8.23. The minimum absolute atomic E-state index is 0.0884. The molecule has 2 heterocycles. The molecule has 2 N–H and O–H groups in total. The molecule has 3 aromatic rings. The molecular formula is C23H25ClN4O3. The van der Waals surface area contributed by atoms with Gasteiger partial charge in [0.05, 0.1) is 11.0 Å². The number of amides is 2. The van der Waals surface area contributed by atoms with Crippen molar-refractivity contribution in [2.75, 3.05) is 19.6 Å². The second-order valence-electron chi connectivity index (χ2n) is 7.80. The molecule has 31 heavy (non-hydrogen) atoms. The number of aromatic amines is 1. The molecule has 1 saturated heterocycles. The molecule has 0 aliphatic carbocycles. The lowest BCUT2D eigenvalue weighted by molar-refractivity contribution is -0.132. The lowest BCUT2D eigenvalue weighted by Crippen LogP contribution is -2.40. The number of imidazole rings is 1. The van der Waals surface area contributed by atoms with Gasteiger partial charge in [-0.15, -0.1) is 0 Å². The van der Waals surface area contributed by atoms with E-state index in [2.05, 4.69) is 10.3 Å². The average molecular weight is 441 g/mol. The number of H-pyrrole nitrogens is 1. The molecule has 1 fully saturated rings. The number of piperidine rings is 1. The van der Waals surface area contributed by atoms with Crippen LogP contribution in [0.1, 0.15) is 42.1 Å². The zero-order valence-corrected chi connectivity index (χ0v) is 17.9. The van der Waals surface area contributed by atoms with E-state index in [0.717, 1.165) is 23.9 Å². The summed E-state index contributed by atoms with van der Waals surface area (Å²) in [6.07, 6.45) is 2.47. The fourth-order valence-corrected chi connectivity index (χ4v) is 4.24. The van der Waals surface area contributed by atoms with Crippen LogP contribution in [0.3, 0.4) is 0 Å². The minimum atomic E-state index is -0.172. The summed E-state index contributed by atoms with van der Waals surface area (Å²) in [6, 6.07) is 14.5. The van der Waals surface area contributed by atoms with Crippen LogP contribution in [0.4, 0.5) is 0 Å². The molecule has 7 nitrogen and oxygen atoms in total. The van der Waals surface area contributed by atoms with Gasteiger partial charge in [0.15, 0.2) is 0 Å². The highest BCUT2D eigenvalue weighted by Crippen LogP contribution is 2.25. The summed E-state index contributed by atoms with van der Waals surface area (Å²) < 4.78 is 1.82. The van der Waals surface area contributed by atoms with E-state index in [0.29, 0.717) is 43.1 Å². The van der Waals surface area contributed by atoms with Crippen molar-refractivity contribution in [1.29, 1.82) is 0 Å². The highest BCUT2D eigenvalue weighted by atomic mass is 35.5. The van der Waals surface area contributed by atoms with Gasteiger partial charge in [0.25, 0.3) is 5.91 Å². The maximum absolute atomic E-state index is 12.5. The van der Waals surface area contributed by atoms with Crippen LogP contribution in [0.5, 0.6) is 0 Å². The van der Waals surface area contributed by atoms with Crippen molar-refractivity contribution in [2.24, 2.45) is 0 Å². The Hall–Kier alpha value is -3.06. The van der Waals surface area contributed by atoms with Gasteiger partial charge < -0.3 is 15.2 Å². The van der Waals surface area contributed by atoms with Gasteiger partial charge in [0, 0.05) is 42.7 Å². The number of hydrogen-bond donors (Lipinski definition) is 2. The fourth-order valence-electron chi connectivity index (χ4n) is 4.11. The SMILES string of the molecule is O=C(NCCCC(=O)N1CCC(n2c(=O)[nH]c3ccccc32)CC1)c1ccc(Cl)cc1. The predicted molar refractivity (Wildman–Crippen MR) is 120 cm³/mol. The number of likely N-dealkylation sites (tertiary alicyclic amines) is 1. The number of carbonyl (C=O) groups excluding carboxylic acids is 2. The van der Waals surface area contributed by atoms with Crippen molar-refractivity contribution in [1.82, 2.24) is 19.8 Å². The van der Waals surface area contributed by atoms with Gasteiger partial charge >= 0.3 is 5.69 Å². The first-order valence-electron chi connectivity index (χ1n) is 10.5. The Labute approximate surface area is 185 Å². The van der Waals surface area contributed by atoms with Crippen LogP contribution in [0.25, 0.3) is 11.0 Å². The molecule has 0 radical (unpaired) electrons. The van der Waals surface area contributed by atoms with E-state index in [9.17, 15) is 14.4 Å². The quantitative estimate of drug-likeness (QED) is 0.576. The zero-order chi connectivity index (χ0) is 21.8. The molecule has 0 atom stereocenters. The number of aromatic nitrogens is 2. The van der Waals surface area contributed by atoms with Crippen LogP contribution < -0.4 is 11.0 Å². The summed E-state index contributed by atoms with van der Waals surface area (Å²) in [5.74, 6) is -0.0837. The van der Waals surface area contributed by atoms with E-state index >= 15 is 0 Å². The second kappa shape index (κ2) is 9.39. The first kappa shape index (κ1) is 21.2. The number of para-hydroxylation sites is 2. The molecular weight excluding hydrogens is 416 g/mol. The first-order chi connectivity index (χ1) is 15.0. The number of carbonyl (C=O) groups is 2. The van der Waals surface area contributed by atoms with Crippen molar-refractivity contribution >= 4 is 34.4 Å². The third kappa shape index (κ3) is 4.82. The maximum Gasteiger partial charge on any atom is 0.326 e. The van der Waals surface area contributed by atoms with Gasteiger partial charge in [-0.25, -0.2) is 4.79 Å². The number of halogens is 1. The molecule has 1 aromatic heterocycles. The van der Waals surface area contributed by atoms with E-state index in [-0.39, 0.29) is 23.5 Å². The minimum Gasteiger partial charge on any atom is -0.352 e. The summed E-state index contributed by atoms with van der Waals surface area (Å²) in [5, 5.41) is 3.42. The maximum atomic E-state index is 12.5. The third-order valence-corrected chi connectivity index (χ3v) is 6.02. The van der Waals surface area contributed by atoms with E-state index in [4.69, 9.17) is 11.6 Å². The third-order valence-electron chi connectivity index (χ3n) is 5.77. The van der Waals surface area contributed by atoms with E-state index in [1.165, 1.54) is 0 Å². The van der Waals surface area contributed by atoms with Crippen molar-refractivity contribution in [3.8, 4) is 0 Å². The Morgan fingerprint density at radius 3 is 2.52 bits per heavy atom. The molecule has 1 aliphatic heterocycles. The van der Waals surface area contributed by atoms with Gasteiger partial charge in [-0.2, -0.15) is 0 Å². The van der Waals surface area contributed by atoms with Crippen molar-refractivity contribution in [2.45, 2.75) is 31.7 Å². The van der Waals surface area contributed by atoms with E-state index in [1.54, 1.807) is 24.3 Å². The normalized spacial score (nSPS) is 14.7. The molecule has 0 saturated carbocycles. The van der Waals surface area contributed by atoms with E-state index < -0.39 is 0 Å². The predicted octanol–water partition coefficient (Wildman–Crippen LogP) is 3.36. The molecule has 0 spiro atoms. The topological polar surface area (TPSA) is 87.2 Å². The molecule has 4 rings (SSSR count). The number of nitrogens with zero attached hydrogens (tertiary/aromatic N) is 2. The smallest absolute Gasteiger partial charge is 0.326 e. The highest BCUT2D eigenvalue weighted by molar-refractivity contribution is 6.30. The molecule has 1 aliphatic rings. The molecule has 162 valence electrons. The molecule has 2 aromatic carbocycles. The van der Waals surface area contributed by atoms with Gasteiger partial charge in [-0.05, 0) is 55.7 Å². The number of benzene rings is 2. The van der Waals surface area contributed by atoms with Crippen LogP contribution in [0.2, 0.25) is 5.02 Å². The van der Waals surface area contributed by atoms with E-state index in [1.807, 2.05) is 33.7 Å². The Bertz CT molecular complexity index is 1130. The standard InChI is InChI=1S/C23H25ClN4O3/c24-17-9-7-16(8-10-17)22(30)25-13-3-6-21(29)27-14-11-18(12-15-27)28-20-5-2-1-4-19(20)26-23(28)31/h1-2,4-5,7-10,18H,3,6,11-15H2,(H,25,30)(H,26,31). The Kier molecular flexibility index (Phi) is 6.42. The zero-order valence-electron chi connectivity index (χ0n) is 17.1. The lowest BCUT2D eigenvalue weighted by atomic mass is 10.0. The first-order valence-corrected chi connectivity index (χ1v) is 10.9. The Balaban J connectivity index is 1.23. The van der Waals surface area contributed by atoms with Gasteiger partial charge in [-0.3, -0.25) is 14.2 Å². The Morgan fingerprint density at radius 2 is 1.77 bits per heavy atom. The molecule has 0 bridgehead atoms. The summed E-state index contributed by atoms with van der Waals surface area (Å²) >= 11 is 5.83. The largest absolute Gasteiger partial charge is 0.352 e. The van der Waals surface area contributed by atoms with Gasteiger partial charge in [-0.1, -0.05) is 23.7 Å². The number of hydrogen-bond acceptors (Lipinski definition) is 3. The van der Waals surface area contributed by atoms with Crippen LogP contribution in [0.15, 0.2) is 53.3 Å². The van der Waals surface area contributed by atoms with Crippen LogP contribution in [-0.2, 0) is 4.79 Å². The summed E-state index contributed by atoms with van der Waals surface area (Å²) in [7, 11) is 0. The number of fused-ring (bicyclic) bond motifs is 1. The Morgan fingerprint density at radius 1 is 1.06 bits per heavy atom. The van der Waals surface area contributed by atoms with Crippen LogP contribution in [-0.4, -0.2) is 45.9 Å². The van der Waals surface area contributed by atoms with Crippen LogP contribution in [0, 0.1) is 0 Å². The number of rotatable bonds is 6. The van der Waals surface area contributed by atoms with Crippen molar-refractivity contribution < 1.29 is 9.59 Å². The highest BCUT2D eigenvalue weighted by Gasteiger charge is 2.25. The average Bonchev–Trinajstić information content (AvgIpc) is 3.12. The molecule has 8 heteroatoms. The fraction of sp³-hybridized carbons (Fsp3) is 0.348. The molecule has 2 amide bonds. The van der Waals surface area contributed by atoms with Crippen LogP contribution >= 0.6 is 11.6 Å². The van der Waals surface area contributed by atoms with Crippen molar-refractivity contribution in [3.63, 3.8) is 0 Å². The number of nitrogens with one attached hydrogen (secondary N) is 2. The van der Waals surface area contributed by atoms with Gasteiger partial charge in [0.2, 0.25) is 5.91 Å².